The minimum absolute atomic E-state index is 0.00847. The topological polar surface area (TPSA) is 126 Å². The maximum Gasteiger partial charge on any atom is 0.417 e. The molecule has 0 bridgehead atoms. The summed E-state index contributed by atoms with van der Waals surface area (Å²) in [6.45, 7) is 0. The first-order valence-electron chi connectivity index (χ1n) is 7.48. The highest BCUT2D eigenvalue weighted by atomic mass is 32.2. The third-order valence-electron chi connectivity index (χ3n) is 3.92. The Hall–Kier alpha value is -2.42. The molecule has 128 valence electrons. The van der Waals surface area contributed by atoms with Crippen LogP contribution >= 0.6 is 0 Å². The van der Waals surface area contributed by atoms with Crippen molar-refractivity contribution in [3.63, 3.8) is 0 Å². The first kappa shape index (κ1) is 16.4. The Kier molecular flexibility index (Phi) is 4.27. The van der Waals surface area contributed by atoms with Crippen LogP contribution in [-0.2, 0) is 14.6 Å². The summed E-state index contributed by atoms with van der Waals surface area (Å²) in [5, 5.41) is 2.64. The summed E-state index contributed by atoms with van der Waals surface area (Å²) in [5.41, 5.74) is 1.13. The standard InChI is InChI=1S/C15H16N2O6S/c18-12(9-1-2-11-13(7-9)23-15(20)17-11)3-4-14(19)16-10-5-6-24(21,22)8-10/h1-2,7,10H,3-6,8H2,(H,16,19)(H,17,20). The van der Waals surface area contributed by atoms with Gasteiger partial charge in [-0.15, -0.1) is 0 Å². The van der Waals surface area contributed by atoms with Gasteiger partial charge in [-0.2, -0.15) is 0 Å². The van der Waals surface area contributed by atoms with Gasteiger partial charge < -0.3 is 9.73 Å². The van der Waals surface area contributed by atoms with Crippen LogP contribution in [0.15, 0.2) is 27.4 Å². The van der Waals surface area contributed by atoms with Crippen molar-refractivity contribution in [2.75, 3.05) is 11.5 Å². The summed E-state index contributed by atoms with van der Waals surface area (Å²) in [6.07, 6.45) is 0.376. The van der Waals surface area contributed by atoms with E-state index in [4.69, 9.17) is 4.42 Å². The fraction of sp³-hybridized carbons (Fsp3) is 0.400. The van der Waals surface area contributed by atoms with Crippen LogP contribution in [0.5, 0.6) is 0 Å². The molecule has 1 aromatic heterocycles. The minimum Gasteiger partial charge on any atom is -0.408 e. The van der Waals surface area contributed by atoms with E-state index in [2.05, 4.69) is 10.3 Å². The van der Waals surface area contributed by atoms with E-state index in [1.165, 1.54) is 6.07 Å². The van der Waals surface area contributed by atoms with E-state index in [9.17, 15) is 22.8 Å². The molecule has 1 fully saturated rings. The number of fused-ring (bicyclic) bond motifs is 1. The number of Topliss-reactive ketones (excluding diaryl/α,β-unsaturated/α-hetero) is 1. The van der Waals surface area contributed by atoms with E-state index in [0.29, 0.717) is 17.5 Å². The molecule has 2 heterocycles. The number of nitrogens with one attached hydrogen (secondary N) is 2. The second-order valence-corrected chi connectivity index (χ2v) is 8.04. The molecule has 3 rings (SSSR count). The molecule has 1 aliphatic rings. The number of carbonyl (C=O) groups excluding carboxylic acids is 2. The van der Waals surface area contributed by atoms with Gasteiger partial charge in [0.25, 0.3) is 0 Å². The van der Waals surface area contributed by atoms with Crippen molar-refractivity contribution in [3.05, 3.63) is 34.3 Å². The van der Waals surface area contributed by atoms with Gasteiger partial charge in [0, 0.05) is 24.4 Å². The molecule has 0 radical (unpaired) electrons. The maximum atomic E-state index is 12.1. The number of H-pyrrole nitrogens is 1. The molecule has 1 aromatic carbocycles. The van der Waals surface area contributed by atoms with Gasteiger partial charge in [-0.25, -0.2) is 13.2 Å². The quantitative estimate of drug-likeness (QED) is 0.750. The number of ketones is 1. The van der Waals surface area contributed by atoms with Gasteiger partial charge >= 0.3 is 5.76 Å². The van der Waals surface area contributed by atoms with Gasteiger partial charge in [0.15, 0.2) is 21.2 Å². The van der Waals surface area contributed by atoms with Gasteiger partial charge in [-0.05, 0) is 24.6 Å². The molecular formula is C15H16N2O6S. The Morgan fingerprint density at radius 2 is 2.08 bits per heavy atom. The zero-order valence-corrected chi connectivity index (χ0v) is 13.5. The van der Waals surface area contributed by atoms with E-state index in [-0.39, 0.29) is 47.7 Å². The van der Waals surface area contributed by atoms with Crippen molar-refractivity contribution >= 4 is 32.6 Å². The van der Waals surface area contributed by atoms with Crippen LogP contribution in [-0.4, -0.2) is 42.6 Å². The lowest BCUT2D eigenvalue weighted by molar-refractivity contribution is -0.121. The molecule has 1 unspecified atom stereocenters. The molecule has 2 N–H and O–H groups in total. The van der Waals surface area contributed by atoms with Crippen molar-refractivity contribution < 1.29 is 22.4 Å². The van der Waals surface area contributed by atoms with Crippen LogP contribution in [0.1, 0.15) is 29.6 Å². The number of oxazole rings is 1. The van der Waals surface area contributed by atoms with E-state index >= 15 is 0 Å². The maximum absolute atomic E-state index is 12.1. The molecule has 2 aromatic rings. The Bertz CT molecular complexity index is 956. The van der Waals surface area contributed by atoms with Crippen molar-refractivity contribution in [1.29, 1.82) is 0 Å². The first-order valence-corrected chi connectivity index (χ1v) is 9.30. The summed E-state index contributed by atoms with van der Waals surface area (Å²) in [6, 6.07) is 4.20. The summed E-state index contributed by atoms with van der Waals surface area (Å²) < 4.78 is 27.6. The van der Waals surface area contributed by atoms with Crippen LogP contribution in [0, 0.1) is 0 Å². The molecule has 1 atom stereocenters. The van der Waals surface area contributed by atoms with E-state index < -0.39 is 15.6 Å². The second kappa shape index (κ2) is 6.23. The van der Waals surface area contributed by atoms with E-state index in [1.807, 2.05) is 0 Å². The van der Waals surface area contributed by atoms with Gasteiger partial charge in [0.05, 0.1) is 17.0 Å². The second-order valence-electron chi connectivity index (χ2n) is 5.82. The highest BCUT2D eigenvalue weighted by Crippen LogP contribution is 2.15. The SMILES string of the molecule is O=C(CCC(=O)c1ccc2[nH]c(=O)oc2c1)NC1CCS(=O)(=O)C1. The monoisotopic (exact) mass is 352 g/mol. The Morgan fingerprint density at radius 3 is 2.79 bits per heavy atom. The van der Waals surface area contributed by atoms with Crippen LogP contribution in [0.3, 0.4) is 0 Å². The number of carbonyl (C=O) groups is 2. The summed E-state index contributed by atoms with van der Waals surface area (Å²) in [4.78, 5) is 37.5. The molecule has 8 nitrogen and oxygen atoms in total. The number of hydrogen-bond donors (Lipinski definition) is 2. The van der Waals surface area contributed by atoms with Crippen LogP contribution in [0.2, 0.25) is 0 Å². The van der Waals surface area contributed by atoms with Crippen LogP contribution in [0.4, 0.5) is 0 Å². The molecule has 1 amide bonds. The lowest BCUT2D eigenvalue weighted by Gasteiger charge is -2.10. The third-order valence-corrected chi connectivity index (χ3v) is 5.69. The molecule has 1 saturated heterocycles. The van der Waals surface area contributed by atoms with Crippen molar-refractivity contribution in [1.82, 2.24) is 10.3 Å². The predicted molar refractivity (Wildman–Crippen MR) is 85.6 cm³/mol. The Morgan fingerprint density at radius 1 is 1.29 bits per heavy atom. The normalized spacial score (nSPS) is 19.4. The average molecular weight is 352 g/mol. The fourth-order valence-corrected chi connectivity index (χ4v) is 4.37. The highest BCUT2D eigenvalue weighted by molar-refractivity contribution is 7.91. The molecule has 9 heteroatoms. The van der Waals surface area contributed by atoms with E-state index in [1.54, 1.807) is 12.1 Å². The number of rotatable bonds is 5. The number of hydrogen-bond acceptors (Lipinski definition) is 6. The number of sulfone groups is 1. The zero-order valence-electron chi connectivity index (χ0n) is 12.7. The Labute approximate surface area is 137 Å². The zero-order chi connectivity index (χ0) is 17.3. The summed E-state index contributed by atoms with van der Waals surface area (Å²) in [5.74, 6) is -1.16. The highest BCUT2D eigenvalue weighted by Gasteiger charge is 2.28. The van der Waals surface area contributed by atoms with Crippen molar-refractivity contribution in [2.24, 2.45) is 0 Å². The summed E-state index contributed by atoms with van der Waals surface area (Å²) >= 11 is 0. The lowest BCUT2D eigenvalue weighted by atomic mass is 10.1. The fourth-order valence-electron chi connectivity index (χ4n) is 2.70. The molecule has 24 heavy (non-hydrogen) atoms. The first-order chi connectivity index (χ1) is 11.3. The molecule has 0 saturated carbocycles. The number of aromatic nitrogens is 1. The third kappa shape index (κ3) is 3.73. The largest absolute Gasteiger partial charge is 0.417 e. The minimum atomic E-state index is -3.05. The van der Waals surface area contributed by atoms with Gasteiger partial charge in [0.1, 0.15) is 0 Å². The number of amides is 1. The lowest BCUT2D eigenvalue weighted by Crippen LogP contribution is -2.35. The predicted octanol–water partition coefficient (Wildman–Crippen LogP) is 0.387. The van der Waals surface area contributed by atoms with Crippen LogP contribution in [0.25, 0.3) is 11.1 Å². The average Bonchev–Trinajstić information content (AvgIpc) is 3.04. The molecule has 0 spiro atoms. The number of benzene rings is 1. The van der Waals surface area contributed by atoms with Crippen molar-refractivity contribution in [3.8, 4) is 0 Å². The molecule has 1 aliphatic heterocycles. The number of aromatic amines is 1. The van der Waals surface area contributed by atoms with Crippen LogP contribution < -0.4 is 11.1 Å². The van der Waals surface area contributed by atoms with E-state index in [0.717, 1.165) is 0 Å². The molecular weight excluding hydrogens is 336 g/mol. The van der Waals surface area contributed by atoms with Gasteiger partial charge in [0.2, 0.25) is 5.91 Å². The molecule has 0 aliphatic carbocycles. The van der Waals surface area contributed by atoms with Gasteiger partial charge in [-0.1, -0.05) is 0 Å². The Balaban J connectivity index is 1.56. The summed E-state index contributed by atoms with van der Waals surface area (Å²) in [7, 11) is -3.05. The van der Waals surface area contributed by atoms with Crippen molar-refractivity contribution in [2.45, 2.75) is 25.3 Å². The van der Waals surface area contributed by atoms with Gasteiger partial charge in [-0.3, -0.25) is 14.6 Å². The smallest absolute Gasteiger partial charge is 0.408 e.